The summed E-state index contributed by atoms with van der Waals surface area (Å²) in [5, 5.41) is 12.8. The molecule has 0 radical (unpaired) electrons. The average molecular weight is 474 g/mol. The van der Waals surface area contributed by atoms with Crippen LogP contribution in [0.4, 0.5) is 5.69 Å². The molecule has 1 aliphatic carbocycles. The molecule has 0 aromatic heterocycles. The Hall–Kier alpha value is -0.300. The zero-order valence-corrected chi connectivity index (χ0v) is 15.9. The third-order valence-electron chi connectivity index (χ3n) is 3.68. The first kappa shape index (κ1) is 18.0. The predicted octanol–water partition coefficient (Wildman–Crippen LogP) is 4.57. The number of aliphatic carboxylic acids is 1. The zero-order chi connectivity index (χ0) is 16.4. The van der Waals surface area contributed by atoms with Crippen molar-refractivity contribution in [2.45, 2.75) is 22.5 Å². The zero-order valence-electron chi connectivity index (χ0n) is 11.2. The van der Waals surface area contributed by atoms with Crippen LogP contribution in [0.15, 0.2) is 18.2 Å². The highest BCUT2D eigenvalue weighted by atomic mass is 79.9. The van der Waals surface area contributed by atoms with Crippen molar-refractivity contribution in [1.82, 2.24) is 0 Å². The van der Waals surface area contributed by atoms with Crippen molar-refractivity contribution < 1.29 is 14.7 Å². The van der Waals surface area contributed by atoms with Gasteiger partial charge < -0.3 is 10.4 Å². The number of rotatable bonds is 3. The van der Waals surface area contributed by atoms with E-state index < -0.39 is 17.8 Å². The van der Waals surface area contributed by atoms with Crippen LogP contribution in [0.25, 0.3) is 0 Å². The summed E-state index contributed by atoms with van der Waals surface area (Å²) in [6, 6.07) is 4.75. The molecule has 8 heteroatoms. The minimum atomic E-state index is -0.960. The van der Waals surface area contributed by atoms with Crippen LogP contribution < -0.4 is 5.32 Å². The number of amides is 1. The molecule has 2 rings (SSSR count). The summed E-state index contributed by atoms with van der Waals surface area (Å²) < 4.78 is 0. The first-order chi connectivity index (χ1) is 10.3. The Labute approximate surface area is 154 Å². The third-order valence-corrected chi connectivity index (χ3v) is 7.15. The van der Waals surface area contributed by atoms with E-state index in [2.05, 4.69) is 37.2 Å². The van der Waals surface area contributed by atoms with Crippen molar-refractivity contribution in [3.63, 3.8) is 0 Å². The van der Waals surface area contributed by atoms with Crippen LogP contribution in [0, 0.1) is 11.8 Å². The molecule has 1 aliphatic rings. The van der Waals surface area contributed by atoms with Gasteiger partial charge in [0.2, 0.25) is 5.91 Å². The van der Waals surface area contributed by atoms with E-state index in [1.807, 2.05) is 0 Å². The fourth-order valence-corrected chi connectivity index (χ4v) is 4.02. The molecule has 120 valence electrons. The lowest BCUT2D eigenvalue weighted by atomic mass is 9.78. The van der Waals surface area contributed by atoms with Gasteiger partial charge in [0.15, 0.2) is 0 Å². The van der Waals surface area contributed by atoms with Crippen molar-refractivity contribution in [2.75, 3.05) is 5.32 Å². The van der Waals surface area contributed by atoms with Gasteiger partial charge in [0, 0.05) is 15.3 Å². The van der Waals surface area contributed by atoms with E-state index in [0.29, 0.717) is 28.6 Å². The Kier molecular flexibility index (Phi) is 6.16. The second kappa shape index (κ2) is 7.51. The quantitative estimate of drug-likeness (QED) is 0.632. The van der Waals surface area contributed by atoms with Crippen molar-refractivity contribution in [3.8, 4) is 0 Å². The molecule has 22 heavy (non-hydrogen) atoms. The molecular weight excluding hydrogens is 461 g/mol. The monoisotopic (exact) mass is 471 g/mol. The maximum Gasteiger partial charge on any atom is 0.307 e. The standard InChI is InChI=1S/C14H13Br2Cl2NO3/c15-9-4-7(8(14(21)22)5-10(9)16)13(20)19-6-1-2-11(17)12(18)3-6/h1-3,7-10H,4-5H2,(H,19,20)(H,21,22)/t7-,8-,9-,10+/m0/s1. The number of carbonyl (C=O) groups excluding carboxylic acids is 1. The maximum atomic E-state index is 12.4. The summed E-state index contributed by atoms with van der Waals surface area (Å²) >= 11 is 18.7. The Bertz CT molecular complexity index is 599. The first-order valence-electron chi connectivity index (χ1n) is 6.56. The van der Waals surface area contributed by atoms with Crippen LogP contribution in [0.2, 0.25) is 10.0 Å². The summed E-state index contributed by atoms with van der Waals surface area (Å²) in [5.74, 6) is -2.61. The summed E-state index contributed by atoms with van der Waals surface area (Å²) in [4.78, 5) is 23.9. The molecule has 2 N–H and O–H groups in total. The topological polar surface area (TPSA) is 66.4 Å². The summed E-state index contributed by atoms with van der Waals surface area (Å²) in [5.41, 5.74) is 0.496. The van der Waals surface area contributed by atoms with Gasteiger partial charge in [0.1, 0.15) is 0 Å². The number of nitrogens with one attached hydrogen (secondary N) is 1. The number of hydrogen-bond acceptors (Lipinski definition) is 2. The molecule has 4 atom stereocenters. The van der Waals surface area contributed by atoms with Crippen molar-refractivity contribution >= 4 is 72.6 Å². The molecular formula is C14H13Br2Cl2NO3. The van der Waals surface area contributed by atoms with Gasteiger partial charge in [-0.3, -0.25) is 9.59 Å². The van der Waals surface area contributed by atoms with Crippen molar-refractivity contribution in [2.24, 2.45) is 11.8 Å². The highest BCUT2D eigenvalue weighted by molar-refractivity contribution is 9.12. The van der Waals surface area contributed by atoms with Crippen LogP contribution >= 0.6 is 55.1 Å². The van der Waals surface area contributed by atoms with E-state index in [-0.39, 0.29) is 15.6 Å². The van der Waals surface area contributed by atoms with Crippen LogP contribution in [-0.2, 0) is 9.59 Å². The van der Waals surface area contributed by atoms with E-state index >= 15 is 0 Å². The van der Waals surface area contributed by atoms with E-state index in [1.165, 1.54) is 0 Å². The van der Waals surface area contributed by atoms with Crippen molar-refractivity contribution in [3.05, 3.63) is 28.2 Å². The molecule has 0 heterocycles. The minimum Gasteiger partial charge on any atom is -0.481 e. The number of hydrogen-bond donors (Lipinski definition) is 2. The van der Waals surface area contributed by atoms with Gasteiger partial charge in [0.25, 0.3) is 0 Å². The normalized spacial score (nSPS) is 28.2. The van der Waals surface area contributed by atoms with E-state index in [4.69, 9.17) is 23.2 Å². The van der Waals surface area contributed by atoms with Crippen LogP contribution in [0.3, 0.4) is 0 Å². The Morgan fingerprint density at radius 3 is 2.23 bits per heavy atom. The predicted molar refractivity (Wildman–Crippen MR) is 94.4 cm³/mol. The summed E-state index contributed by atoms with van der Waals surface area (Å²) in [6.45, 7) is 0. The minimum absolute atomic E-state index is 0.0302. The van der Waals surface area contributed by atoms with Crippen molar-refractivity contribution in [1.29, 1.82) is 0 Å². The lowest BCUT2D eigenvalue weighted by molar-refractivity contribution is -0.147. The average Bonchev–Trinajstić information content (AvgIpc) is 2.45. The third kappa shape index (κ3) is 4.16. The maximum absolute atomic E-state index is 12.4. The molecule has 1 aromatic carbocycles. The number of carboxylic acid groups (broad SMARTS) is 1. The lowest BCUT2D eigenvalue weighted by Crippen LogP contribution is -2.42. The molecule has 0 bridgehead atoms. The van der Waals surface area contributed by atoms with Crippen LogP contribution in [0.1, 0.15) is 12.8 Å². The molecule has 0 spiro atoms. The SMILES string of the molecule is O=C(O)[C@H]1C[C@@H](Br)[C@@H](Br)C[C@@H]1C(=O)Nc1ccc(Cl)c(Cl)c1. The van der Waals surface area contributed by atoms with Gasteiger partial charge >= 0.3 is 5.97 Å². The Balaban J connectivity index is 2.15. The summed E-state index contributed by atoms with van der Waals surface area (Å²) in [6.07, 6.45) is 0.838. The smallest absolute Gasteiger partial charge is 0.307 e. The number of carbonyl (C=O) groups is 2. The molecule has 1 amide bonds. The van der Waals surface area contributed by atoms with Gasteiger partial charge in [-0.1, -0.05) is 55.1 Å². The lowest BCUT2D eigenvalue weighted by Gasteiger charge is -2.34. The van der Waals surface area contributed by atoms with Crippen LogP contribution in [0.5, 0.6) is 0 Å². The second-order valence-corrected chi connectivity index (χ2v) is 8.34. The van der Waals surface area contributed by atoms with Gasteiger partial charge in [-0.05, 0) is 31.0 Å². The largest absolute Gasteiger partial charge is 0.481 e. The van der Waals surface area contributed by atoms with E-state index in [0.717, 1.165) is 0 Å². The number of halogens is 4. The highest BCUT2D eigenvalue weighted by Crippen LogP contribution is 2.38. The molecule has 1 saturated carbocycles. The number of alkyl halides is 2. The van der Waals surface area contributed by atoms with Gasteiger partial charge in [-0.25, -0.2) is 0 Å². The van der Waals surface area contributed by atoms with Gasteiger partial charge in [0.05, 0.1) is 21.9 Å². The molecule has 4 nitrogen and oxygen atoms in total. The summed E-state index contributed by atoms with van der Waals surface area (Å²) in [7, 11) is 0. The van der Waals surface area contributed by atoms with Gasteiger partial charge in [-0.15, -0.1) is 0 Å². The molecule has 0 unspecified atom stereocenters. The molecule has 0 aliphatic heterocycles. The molecule has 0 saturated heterocycles. The Morgan fingerprint density at radius 1 is 1.09 bits per heavy atom. The van der Waals surface area contributed by atoms with Gasteiger partial charge in [-0.2, -0.15) is 0 Å². The van der Waals surface area contributed by atoms with Crippen LogP contribution in [-0.4, -0.2) is 26.6 Å². The Morgan fingerprint density at radius 2 is 1.68 bits per heavy atom. The number of benzene rings is 1. The molecule has 1 fully saturated rings. The fourth-order valence-electron chi connectivity index (χ4n) is 2.48. The molecule has 1 aromatic rings. The van der Waals surface area contributed by atoms with E-state index in [1.54, 1.807) is 18.2 Å². The van der Waals surface area contributed by atoms with E-state index in [9.17, 15) is 14.7 Å². The fraction of sp³-hybridized carbons (Fsp3) is 0.429. The number of anilines is 1. The first-order valence-corrected chi connectivity index (χ1v) is 9.15. The highest BCUT2D eigenvalue weighted by Gasteiger charge is 2.42. The second-order valence-electron chi connectivity index (χ2n) is 5.17. The number of carboxylic acids is 1.